The number of nitrogens with zero attached hydrogens (tertiary/aromatic N) is 3. The molecule has 0 radical (unpaired) electrons. The van der Waals surface area contributed by atoms with Gasteiger partial charge in [0.05, 0.1) is 31.5 Å². The molecule has 2 aliphatic heterocycles. The molecule has 2 fully saturated rings. The number of ether oxygens (including phenoxy) is 2. The molecule has 2 N–H and O–H groups in total. The minimum Gasteiger partial charge on any atom is -0.394 e. The maximum absolute atomic E-state index is 14.0. The normalized spacial score (nSPS) is 37.8. The molecular weight excluding hydrogens is 507 g/mol. The maximum Gasteiger partial charge on any atom is 0.279 e. The van der Waals surface area contributed by atoms with Crippen LogP contribution in [-0.2, 0) is 18.6 Å². The van der Waals surface area contributed by atoms with Gasteiger partial charge in [0.1, 0.15) is 17.9 Å². The zero-order valence-electron chi connectivity index (χ0n) is 24.2. The monoisotopic (exact) mass is 552 g/mol. The van der Waals surface area contributed by atoms with Gasteiger partial charge in [-0.05, 0) is 50.4 Å². The van der Waals surface area contributed by atoms with E-state index in [0.29, 0.717) is 35.0 Å². The van der Waals surface area contributed by atoms with Crippen molar-refractivity contribution in [2.45, 2.75) is 79.9 Å². The second-order valence-corrected chi connectivity index (χ2v) is 14.6. The number of rotatable bonds is 7. The van der Waals surface area contributed by atoms with Gasteiger partial charge in [-0.2, -0.15) is 0 Å². The van der Waals surface area contributed by atoms with Crippen LogP contribution < -0.4 is 5.56 Å². The Labute approximate surface area is 225 Å². The molecule has 11 unspecified atom stereocenters. The van der Waals surface area contributed by atoms with Crippen molar-refractivity contribution in [1.29, 1.82) is 0 Å². The molecule has 4 heterocycles. The van der Waals surface area contributed by atoms with Gasteiger partial charge in [0.25, 0.3) is 5.56 Å². The molecule has 214 valence electrons. The van der Waals surface area contributed by atoms with Gasteiger partial charge in [-0.25, -0.2) is 9.97 Å². The molecule has 11 heteroatoms. The van der Waals surface area contributed by atoms with E-state index in [4.69, 9.17) is 14.0 Å². The van der Waals surface area contributed by atoms with Crippen molar-refractivity contribution in [3.63, 3.8) is 0 Å². The third-order valence-corrected chi connectivity index (χ3v) is 11.3. The van der Waals surface area contributed by atoms with E-state index in [-0.39, 0.29) is 60.4 Å². The summed E-state index contributed by atoms with van der Waals surface area (Å²) < 4.78 is 34.7. The minimum absolute atomic E-state index is 0.0272. The number of aromatic nitrogens is 4. The van der Waals surface area contributed by atoms with Crippen molar-refractivity contribution >= 4 is 18.5 Å². The summed E-state index contributed by atoms with van der Waals surface area (Å²) in [6.07, 6.45) is -0.734. The van der Waals surface area contributed by atoms with Gasteiger partial charge in [0, 0.05) is 18.7 Å². The number of nitrogens with one attached hydrogen (secondary N) is 1. The fourth-order valence-electron chi connectivity index (χ4n) is 6.24. The quantitative estimate of drug-likeness (QED) is 0.491. The van der Waals surface area contributed by atoms with Crippen LogP contribution in [0.5, 0.6) is 0 Å². The molecule has 0 aromatic carbocycles. The molecule has 38 heavy (non-hydrogen) atoms. The highest BCUT2D eigenvalue weighted by molar-refractivity contribution is 7.58. The molecule has 2 aromatic rings. The zero-order valence-corrected chi connectivity index (χ0v) is 25.1. The first kappa shape index (κ1) is 29.4. The van der Waals surface area contributed by atoms with Crippen LogP contribution >= 0.6 is 7.37 Å². The standard InChI is InChI=1S/C27H45N4O6P/c1-13-14(2)18(6)36-23(16(13)4)11-35-38(9,34)12-21-15(3)17(5)22(10-32)37-27(21)31-20(8)30-24-25(31)28-19(7)29-26(24)33/h13-18,21-23,27,32H,10-12H2,1-9H3,(H,28,29,33). The van der Waals surface area contributed by atoms with Gasteiger partial charge in [0.2, 0.25) is 7.37 Å². The number of imidazole rings is 1. The van der Waals surface area contributed by atoms with Crippen LogP contribution in [-0.4, -0.2) is 69.0 Å². The highest BCUT2D eigenvalue weighted by Gasteiger charge is 2.46. The largest absolute Gasteiger partial charge is 0.394 e. The summed E-state index contributed by atoms with van der Waals surface area (Å²) >= 11 is 0. The average Bonchev–Trinajstić information content (AvgIpc) is 3.18. The van der Waals surface area contributed by atoms with Crippen molar-refractivity contribution in [1.82, 2.24) is 19.5 Å². The van der Waals surface area contributed by atoms with Gasteiger partial charge in [-0.1, -0.05) is 34.6 Å². The Morgan fingerprint density at radius 3 is 2.29 bits per heavy atom. The van der Waals surface area contributed by atoms with E-state index in [2.05, 4.69) is 49.6 Å². The molecule has 10 nitrogen and oxygen atoms in total. The van der Waals surface area contributed by atoms with Gasteiger partial charge < -0.3 is 24.1 Å². The van der Waals surface area contributed by atoms with Crippen molar-refractivity contribution in [3.8, 4) is 0 Å². The molecule has 2 aliphatic rings. The summed E-state index contributed by atoms with van der Waals surface area (Å²) in [6.45, 7) is 18.2. The fraction of sp³-hybridized carbons (Fsp3) is 0.815. The second-order valence-electron chi connectivity index (χ2n) is 11.9. The van der Waals surface area contributed by atoms with E-state index in [9.17, 15) is 14.5 Å². The highest BCUT2D eigenvalue weighted by atomic mass is 31.2. The Balaban J connectivity index is 1.63. The number of H-pyrrole nitrogens is 1. The van der Waals surface area contributed by atoms with E-state index in [1.165, 1.54) is 0 Å². The zero-order chi connectivity index (χ0) is 28.1. The molecule has 0 saturated carbocycles. The van der Waals surface area contributed by atoms with Gasteiger partial charge >= 0.3 is 0 Å². The molecule has 11 atom stereocenters. The molecule has 0 bridgehead atoms. The van der Waals surface area contributed by atoms with Crippen LogP contribution in [0, 0.1) is 49.4 Å². The van der Waals surface area contributed by atoms with Gasteiger partial charge in [-0.15, -0.1) is 0 Å². The number of aliphatic hydroxyl groups excluding tert-OH is 1. The summed E-state index contributed by atoms with van der Waals surface area (Å²) in [6, 6.07) is 0. The molecule has 0 spiro atoms. The van der Waals surface area contributed by atoms with Crippen LogP contribution in [0.15, 0.2) is 4.79 Å². The number of aromatic amines is 1. The topological polar surface area (TPSA) is 129 Å². The van der Waals surface area contributed by atoms with Crippen molar-refractivity contribution in [3.05, 3.63) is 22.0 Å². The lowest BCUT2D eigenvalue weighted by Crippen LogP contribution is -2.47. The Hall–Kier alpha value is -1.58. The second kappa shape index (κ2) is 11.1. The Bertz CT molecular complexity index is 1250. The minimum atomic E-state index is -3.08. The van der Waals surface area contributed by atoms with Crippen LogP contribution in [0.4, 0.5) is 0 Å². The summed E-state index contributed by atoms with van der Waals surface area (Å²) in [5.41, 5.74) is 0.343. The summed E-state index contributed by atoms with van der Waals surface area (Å²) in [5.74, 6) is 2.13. The van der Waals surface area contributed by atoms with E-state index in [0.717, 1.165) is 0 Å². The molecule has 0 amide bonds. The van der Waals surface area contributed by atoms with E-state index < -0.39 is 19.7 Å². The smallest absolute Gasteiger partial charge is 0.279 e. The van der Waals surface area contributed by atoms with E-state index in [1.807, 2.05) is 11.5 Å². The Morgan fingerprint density at radius 1 is 0.974 bits per heavy atom. The lowest BCUT2D eigenvalue weighted by atomic mass is 9.77. The number of aliphatic hydroxyl groups is 1. The number of hydrogen-bond acceptors (Lipinski definition) is 8. The van der Waals surface area contributed by atoms with Gasteiger partial charge in [0.15, 0.2) is 11.2 Å². The summed E-state index contributed by atoms with van der Waals surface area (Å²) in [7, 11) is -3.08. The highest BCUT2D eigenvalue weighted by Crippen LogP contribution is 2.52. The number of fused-ring (bicyclic) bond motifs is 1. The predicted octanol–water partition coefficient (Wildman–Crippen LogP) is 4.13. The molecule has 0 aliphatic carbocycles. The van der Waals surface area contributed by atoms with Crippen LogP contribution in [0.25, 0.3) is 11.2 Å². The maximum atomic E-state index is 14.0. The van der Waals surface area contributed by atoms with Crippen LogP contribution in [0.2, 0.25) is 0 Å². The number of hydrogen-bond donors (Lipinski definition) is 2. The molecule has 2 saturated heterocycles. The first-order valence-electron chi connectivity index (χ1n) is 13.8. The first-order chi connectivity index (χ1) is 17.8. The third kappa shape index (κ3) is 5.52. The van der Waals surface area contributed by atoms with Crippen molar-refractivity contribution in [2.24, 2.45) is 35.5 Å². The summed E-state index contributed by atoms with van der Waals surface area (Å²) in [4.78, 5) is 24.3. The summed E-state index contributed by atoms with van der Waals surface area (Å²) in [5, 5.41) is 10.1. The number of aryl methyl sites for hydroxylation is 2. The third-order valence-electron chi connectivity index (χ3n) is 9.48. The fourth-order valence-corrected chi connectivity index (χ4v) is 8.09. The lowest BCUT2D eigenvalue weighted by Gasteiger charge is -2.46. The molecule has 2 aromatic heterocycles. The molecule has 4 rings (SSSR count). The van der Waals surface area contributed by atoms with Crippen molar-refractivity contribution < 1.29 is 23.7 Å². The van der Waals surface area contributed by atoms with E-state index in [1.54, 1.807) is 20.5 Å². The van der Waals surface area contributed by atoms with Gasteiger partial charge in [-0.3, -0.25) is 13.9 Å². The van der Waals surface area contributed by atoms with Crippen LogP contribution in [0.3, 0.4) is 0 Å². The lowest BCUT2D eigenvalue weighted by molar-refractivity contribution is -0.178. The van der Waals surface area contributed by atoms with Crippen molar-refractivity contribution in [2.75, 3.05) is 26.0 Å². The van der Waals surface area contributed by atoms with E-state index >= 15 is 0 Å². The molecular formula is C27H45N4O6P. The Morgan fingerprint density at radius 2 is 1.63 bits per heavy atom. The Kier molecular flexibility index (Phi) is 8.61. The van der Waals surface area contributed by atoms with Crippen LogP contribution in [0.1, 0.15) is 59.4 Å². The first-order valence-corrected chi connectivity index (χ1v) is 16.1. The SMILES string of the molecule is Cc1nc2c(nc(C)n2C2OC(CO)C(C)C(C)C2CP(C)(=O)OCC2OC(C)C(C)C(C)C2C)c(=O)[nH]1. The average molecular weight is 553 g/mol. The predicted molar refractivity (Wildman–Crippen MR) is 147 cm³/mol.